The average molecular weight is 431 g/mol. The van der Waals surface area contributed by atoms with Crippen LogP contribution in [-0.4, -0.2) is 48.8 Å². The molecule has 2 amide bonds. The number of benzene rings is 2. The lowest BCUT2D eigenvalue weighted by atomic mass is 10.1. The normalized spacial score (nSPS) is 15.6. The van der Waals surface area contributed by atoms with Crippen molar-refractivity contribution < 1.29 is 28.7 Å². The summed E-state index contributed by atoms with van der Waals surface area (Å²) in [5, 5.41) is 1.30. The van der Waals surface area contributed by atoms with Crippen LogP contribution in [0.1, 0.15) is 27.1 Å². The number of ether oxygens (including phenoxy) is 2. The third-order valence-electron chi connectivity index (χ3n) is 4.55. The number of nitrogens with zero attached hydrogens (tertiary/aromatic N) is 1. The Bertz CT molecular complexity index is 993. The number of carbonyl (C=O) groups is 4. The lowest BCUT2D eigenvalue weighted by molar-refractivity contribution is -0.147. The first-order valence-corrected chi connectivity index (χ1v) is 9.46. The van der Waals surface area contributed by atoms with Gasteiger partial charge in [-0.15, -0.1) is 0 Å². The second-order valence-electron chi connectivity index (χ2n) is 6.59. The van der Waals surface area contributed by atoms with Crippen molar-refractivity contribution >= 4 is 35.2 Å². The SMILES string of the molecule is COc1cccc(C(=O)COC(=O)[C@H]2CC(=O)N(NC(=O)c3ccccc3Cl)C2)c1. The standard InChI is InChI=1S/C21H19ClN2O6/c1-29-15-6-4-5-13(9-15)18(25)12-30-21(28)14-10-19(26)24(11-14)23-20(27)16-7-2-3-8-17(16)22/h2-9,14H,10-12H2,1H3,(H,23,27)/t14-/m0/s1. The highest BCUT2D eigenvalue weighted by atomic mass is 35.5. The number of amides is 2. The summed E-state index contributed by atoms with van der Waals surface area (Å²) in [6.45, 7) is -0.510. The molecule has 1 aliphatic heterocycles. The van der Waals surface area contributed by atoms with Crippen LogP contribution >= 0.6 is 11.6 Å². The molecule has 156 valence electrons. The van der Waals surface area contributed by atoms with E-state index < -0.39 is 36.1 Å². The van der Waals surface area contributed by atoms with Gasteiger partial charge in [-0.25, -0.2) is 0 Å². The summed E-state index contributed by atoms with van der Waals surface area (Å²) in [5.41, 5.74) is 3.00. The van der Waals surface area contributed by atoms with E-state index in [0.29, 0.717) is 11.3 Å². The molecule has 1 atom stereocenters. The molecule has 1 heterocycles. The highest BCUT2D eigenvalue weighted by Gasteiger charge is 2.37. The molecule has 0 bridgehead atoms. The summed E-state index contributed by atoms with van der Waals surface area (Å²) in [6.07, 6.45) is -0.130. The lowest BCUT2D eigenvalue weighted by Crippen LogP contribution is -2.43. The van der Waals surface area contributed by atoms with Gasteiger partial charge in [-0.3, -0.25) is 29.6 Å². The van der Waals surface area contributed by atoms with Crippen LogP contribution in [0.25, 0.3) is 0 Å². The lowest BCUT2D eigenvalue weighted by Gasteiger charge is -2.18. The minimum Gasteiger partial charge on any atom is -0.497 e. The third kappa shape index (κ3) is 4.96. The Morgan fingerprint density at radius 2 is 1.93 bits per heavy atom. The second-order valence-corrected chi connectivity index (χ2v) is 7.00. The Morgan fingerprint density at radius 1 is 1.17 bits per heavy atom. The largest absolute Gasteiger partial charge is 0.497 e. The van der Waals surface area contributed by atoms with Crippen molar-refractivity contribution in [3.8, 4) is 5.75 Å². The summed E-state index contributed by atoms with van der Waals surface area (Å²) in [6, 6.07) is 12.9. The van der Waals surface area contributed by atoms with Crippen LogP contribution in [0.3, 0.4) is 0 Å². The van der Waals surface area contributed by atoms with Gasteiger partial charge in [0.2, 0.25) is 5.91 Å². The smallest absolute Gasteiger partial charge is 0.311 e. The van der Waals surface area contributed by atoms with Crippen molar-refractivity contribution in [3.05, 3.63) is 64.7 Å². The zero-order valence-corrected chi connectivity index (χ0v) is 16.8. The molecule has 0 aromatic heterocycles. The van der Waals surface area contributed by atoms with Gasteiger partial charge < -0.3 is 9.47 Å². The molecule has 9 heteroatoms. The van der Waals surface area contributed by atoms with Crippen molar-refractivity contribution in [2.45, 2.75) is 6.42 Å². The van der Waals surface area contributed by atoms with Gasteiger partial charge in [0.1, 0.15) is 5.75 Å². The highest BCUT2D eigenvalue weighted by molar-refractivity contribution is 6.33. The highest BCUT2D eigenvalue weighted by Crippen LogP contribution is 2.20. The van der Waals surface area contributed by atoms with Gasteiger partial charge >= 0.3 is 5.97 Å². The number of nitrogens with one attached hydrogen (secondary N) is 1. The fourth-order valence-corrected chi connectivity index (χ4v) is 3.16. The number of hydrazine groups is 1. The van der Waals surface area contributed by atoms with E-state index in [4.69, 9.17) is 21.1 Å². The van der Waals surface area contributed by atoms with E-state index in [2.05, 4.69) is 5.43 Å². The average Bonchev–Trinajstić information content (AvgIpc) is 3.12. The van der Waals surface area contributed by atoms with E-state index in [9.17, 15) is 19.2 Å². The minimum absolute atomic E-state index is 0.0544. The summed E-state index contributed by atoms with van der Waals surface area (Å²) in [5.74, 6) is -2.35. The van der Waals surface area contributed by atoms with E-state index >= 15 is 0 Å². The van der Waals surface area contributed by atoms with Crippen molar-refractivity contribution in [1.82, 2.24) is 10.4 Å². The number of ketones is 1. The van der Waals surface area contributed by atoms with Crippen LogP contribution in [-0.2, 0) is 14.3 Å². The van der Waals surface area contributed by atoms with Crippen molar-refractivity contribution in [2.24, 2.45) is 5.92 Å². The number of hydrogen-bond donors (Lipinski definition) is 1. The summed E-state index contributed by atoms with van der Waals surface area (Å²) >= 11 is 5.98. The van der Waals surface area contributed by atoms with Crippen LogP contribution in [0.4, 0.5) is 0 Å². The molecule has 0 saturated carbocycles. The number of methoxy groups -OCH3 is 1. The molecule has 1 N–H and O–H groups in total. The van der Waals surface area contributed by atoms with Gasteiger partial charge in [0.05, 0.1) is 30.2 Å². The number of halogens is 1. The van der Waals surface area contributed by atoms with Gasteiger partial charge in [0, 0.05) is 12.0 Å². The van der Waals surface area contributed by atoms with Crippen LogP contribution < -0.4 is 10.2 Å². The molecule has 2 aromatic carbocycles. The van der Waals surface area contributed by atoms with Crippen molar-refractivity contribution in [3.63, 3.8) is 0 Å². The topological polar surface area (TPSA) is 102 Å². The monoisotopic (exact) mass is 430 g/mol. The Balaban J connectivity index is 1.54. The van der Waals surface area contributed by atoms with Gasteiger partial charge in [0.25, 0.3) is 5.91 Å². The molecule has 8 nitrogen and oxygen atoms in total. The number of Topliss-reactive ketones (excluding diaryl/α,β-unsaturated/α-hetero) is 1. The van der Waals surface area contributed by atoms with Gasteiger partial charge in [0.15, 0.2) is 12.4 Å². The minimum atomic E-state index is -0.790. The van der Waals surface area contributed by atoms with Crippen LogP contribution in [0.15, 0.2) is 48.5 Å². The maximum absolute atomic E-state index is 12.3. The van der Waals surface area contributed by atoms with Crippen LogP contribution in [0, 0.1) is 5.92 Å². The first-order valence-electron chi connectivity index (χ1n) is 9.09. The Labute approximate surface area is 177 Å². The predicted molar refractivity (Wildman–Crippen MR) is 107 cm³/mol. The Morgan fingerprint density at radius 3 is 2.67 bits per heavy atom. The molecule has 0 spiro atoms. The molecule has 0 radical (unpaired) electrons. The van der Waals surface area contributed by atoms with Crippen LogP contribution in [0.5, 0.6) is 5.75 Å². The van der Waals surface area contributed by atoms with Gasteiger partial charge in [-0.1, -0.05) is 35.9 Å². The molecular formula is C21H19ClN2O6. The van der Waals surface area contributed by atoms with Crippen LogP contribution in [0.2, 0.25) is 5.02 Å². The first kappa shape index (κ1) is 21.3. The fourth-order valence-electron chi connectivity index (χ4n) is 2.94. The second kappa shape index (κ2) is 9.41. The van der Waals surface area contributed by atoms with E-state index in [0.717, 1.165) is 5.01 Å². The molecule has 1 saturated heterocycles. The zero-order chi connectivity index (χ0) is 21.7. The molecular weight excluding hydrogens is 412 g/mol. The third-order valence-corrected chi connectivity index (χ3v) is 4.88. The number of carbonyl (C=O) groups excluding carboxylic acids is 4. The molecule has 2 aromatic rings. The summed E-state index contributed by atoms with van der Waals surface area (Å²) in [7, 11) is 1.48. The molecule has 0 unspecified atom stereocenters. The van der Waals surface area contributed by atoms with E-state index in [-0.39, 0.29) is 23.6 Å². The van der Waals surface area contributed by atoms with Gasteiger partial charge in [-0.2, -0.15) is 0 Å². The first-order chi connectivity index (χ1) is 14.4. The number of esters is 1. The molecule has 1 fully saturated rings. The van der Waals surface area contributed by atoms with E-state index in [1.54, 1.807) is 42.5 Å². The molecule has 30 heavy (non-hydrogen) atoms. The van der Waals surface area contributed by atoms with Crippen molar-refractivity contribution in [1.29, 1.82) is 0 Å². The van der Waals surface area contributed by atoms with Crippen molar-refractivity contribution in [2.75, 3.05) is 20.3 Å². The molecule has 3 rings (SSSR count). The quantitative estimate of drug-likeness (QED) is 0.534. The zero-order valence-electron chi connectivity index (χ0n) is 16.1. The van der Waals surface area contributed by atoms with E-state index in [1.165, 1.54) is 13.2 Å². The predicted octanol–water partition coefficient (Wildman–Crippen LogP) is 2.27. The fraction of sp³-hybridized carbons (Fsp3) is 0.238. The summed E-state index contributed by atoms with van der Waals surface area (Å²) < 4.78 is 10.1. The summed E-state index contributed by atoms with van der Waals surface area (Å²) in [4.78, 5) is 49.0. The maximum Gasteiger partial charge on any atom is 0.311 e. The number of rotatable bonds is 7. The van der Waals surface area contributed by atoms with E-state index in [1.807, 2.05) is 0 Å². The number of hydrogen-bond acceptors (Lipinski definition) is 6. The van der Waals surface area contributed by atoms with Gasteiger partial charge in [-0.05, 0) is 24.3 Å². The Hall–Kier alpha value is -3.39. The maximum atomic E-state index is 12.3. The molecule has 1 aliphatic rings. The molecule has 0 aliphatic carbocycles. The Kier molecular flexibility index (Phi) is 6.68.